The molecule has 2 aromatic rings. The van der Waals surface area contributed by atoms with E-state index in [-0.39, 0.29) is 0 Å². The predicted octanol–water partition coefficient (Wildman–Crippen LogP) is 3.99. The third-order valence-electron chi connectivity index (χ3n) is 7.80. The van der Waals surface area contributed by atoms with Crippen LogP contribution in [0.3, 0.4) is 0 Å². The number of rotatable bonds is 0. The summed E-state index contributed by atoms with van der Waals surface area (Å²) in [5.74, 6) is 2.46. The molecule has 6 heteroatoms. The molecule has 5 atom stereocenters. The fraction of sp³-hybridized carbons (Fsp3) is 0.333. The predicted molar refractivity (Wildman–Crippen MR) is 121 cm³/mol. The van der Waals surface area contributed by atoms with Gasteiger partial charge in [-0.25, -0.2) is 0 Å². The molecule has 0 aromatic heterocycles. The molecule has 30 heavy (non-hydrogen) atoms. The van der Waals surface area contributed by atoms with Crippen LogP contribution in [0, 0.1) is 0 Å². The highest BCUT2D eigenvalue weighted by atomic mass is 31.1. The fourth-order valence-corrected chi connectivity index (χ4v) is 9.81. The van der Waals surface area contributed by atoms with Gasteiger partial charge >= 0.3 is 0 Å². The summed E-state index contributed by atoms with van der Waals surface area (Å²) in [4.78, 5) is 10.3. The van der Waals surface area contributed by atoms with Crippen LogP contribution in [0.2, 0.25) is 0 Å². The molecular weight excluding hydrogens is 391 g/mol. The molecule has 5 aliphatic heterocycles. The zero-order valence-electron chi connectivity index (χ0n) is 16.8. The van der Waals surface area contributed by atoms with E-state index in [0.29, 0.717) is 24.2 Å². The lowest BCUT2D eigenvalue weighted by Crippen LogP contribution is -2.54. The Hall–Kier alpha value is -2.65. The lowest BCUT2D eigenvalue weighted by molar-refractivity contribution is 0.145. The Morgan fingerprint density at radius 1 is 0.800 bits per heavy atom. The average molecular weight is 414 g/mol. The number of nitrogens with zero attached hydrogens (tertiary/aromatic N) is 4. The summed E-state index contributed by atoms with van der Waals surface area (Å²) in [6.07, 6.45) is 13.5. The van der Waals surface area contributed by atoms with Crippen LogP contribution in [0.4, 0.5) is 11.4 Å². The normalized spacial score (nSPS) is 33.2. The molecule has 0 spiro atoms. The Kier molecular flexibility index (Phi) is 2.86. The Morgan fingerprint density at radius 3 is 2.20 bits per heavy atom. The molecule has 0 saturated heterocycles. The SMILES string of the molecule is C[C@H]1N2C=CN1C1CCCC1N1C=CN3c4cccc5c4P(c4c(cccc42)O5)[C@H]31. The summed E-state index contributed by atoms with van der Waals surface area (Å²) >= 11 is 0. The fourth-order valence-electron chi connectivity index (χ4n) is 6.57. The standard InChI is InChI=1S/C24H23N4OP/c1-15-25-11-12-26(15)18-7-3-9-20-22(18)30-23-19(8-4-10-21(23)29-20)28-14-13-27(24(28)30)17-6-2-5-16(17)25/h3-4,7-17,24H,2,5-6H2,1H3/t15-,16?,17?,24+,30?/m1/s1. The van der Waals surface area contributed by atoms with Crippen molar-refractivity contribution < 1.29 is 4.74 Å². The highest BCUT2D eigenvalue weighted by Crippen LogP contribution is 2.62. The first-order chi connectivity index (χ1) is 14.8. The Labute approximate surface area is 177 Å². The maximum Gasteiger partial charge on any atom is 0.137 e. The van der Waals surface area contributed by atoms with E-state index in [1.54, 1.807) is 0 Å². The second-order valence-corrected chi connectivity index (χ2v) is 11.2. The van der Waals surface area contributed by atoms with E-state index in [1.165, 1.54) is 41.2 Å². The van der Waals surface area contributed by atoms with Crippen LogP contribution in [0.1, 0.15) is 26.2 Å². The molecular formula is C24H23N4OP. The highest BCUT2D eigenvalue weighted by Gasteiger charge is 2.54. The van der Waals surface area contributed by atoms with E-state index < -0.39 is 7.92 Å². The Morgan fingerprint density at radius 2 is 1.43 bits per heavy atom. The van der Waals surface area contributed by atoms with Gasteiger partial charge in [-0.2, -0.15) is 0 Å². The molecule has 1 aliphatic carbocycles. The third-order valence-corrected chi connectivity index (χ3v) is 10.6. The topological polar surface area (TPSA) is 22.2 Å². The monoisotopic (exact) mass is 414 g/mol. The van der Waals surface area contributed by atoms with Gasteiger partial charge in [-0.05, 0) is 50.5 Å². The van der Waals surface area contributed by atoms with Crippen molar-refractivity contribution in [2.45, 2.75) is 50.3 Å². The Balaban J connectivity index is 1.45. The molecule has 5 heterocycles. The summed E-state index contributed by atoms with van der Waals surface area (Å²) in [6, 6.07) is 14.3. The first-order valence-corrected chi connectivity index (χ1v) is 12.4. The van der Waals surface area contributed by atoms with Gasteiger partial charge in [0.2, 0.25) is 0 Å². The van der Waals surface area contributed by atoms with Crippen LogP contribution in [0.25, 0.3) is 0 Å². The first-order valence-electron chi connectivity index (χ1n) is 11.0. The first kappa shape index (κ1) is 16.1. The van der Waals surface area contributed by atoms with Crippen molar-refractivity contribution in [3.05, 3.63) is 61.2 Å². The Bertz CT molecular complexity index is 1160. The molecule has 1 fully saturated rings. The van der Waals surface area contributed by atoms with Gasteiger partial charge in [-0.3, -0.25) is 0 Å². The van der Waals surface area contributed by atoms with Gasteiger partial charge in [-0.15, -0.1) is 0 Å². The van der Waals surface area contributed by atoms with Gasteiger partial charge in [0.25, 0.3) is 0 Å². The number of anilines is 2. The van der Waals surface area contributed by atoms with E-state index in [1.807, 2.05) is 0 Å². The van der Waals surface area contributed by atoms with E-state index >= 15 is 0 Å². The molecule has 0 N–H and O–H groups in total. The molecule has 6 aliphatic rings. The number of fused-ring (bicyclic) bond motifs is 7. The highest BCUT2D eigenvalue weighted by molar-refractivity contribution is 7.75. The molecule has 8 rings (SSSR count). The molecule has 0 amide bonds. The zero-order chi connectivity index (χ0) is 19.6. The number of hydrogen-bond donors (Lipinski definition) is 0. The second-order valence-electron chi connectivity index (χ2n) is 9.07. The summed E-state index contributed by atoms with van der Waals surface area (Å²) < 4.78 is 6.52. The van der Waals surface area contributed by atoms with Crippen molar-refractivity contribution in [3.63, 3.8) is 0 Å². The van der Waals surface area contributed by atoms with E-state index in [2.05, 4.69) is 87.7 Å². The quantitative estimate of drug-likeness (QED) is 0.607. The molecule has 2 bridgehead atoms. The van der Waals surface area contributed by atoms with Crippen molar-refractivity contribution in [1.82, 2.24) is 9.80 Å². The summed E-state index contributed by atoms with van der Waals surface area (Å²) in [6.45, 7) is 2.35. The maximum atomic E-state index is 6.52. The molecule has 2 aromatic carbocycles. The zero-order valence-corrected chi connectivity index (χ0v) is 17.7. The molecule has 3 unspecified atom stereocenters. The lowest BCUT2D eigenvalue weighted by atomic mass is 10.1. The van der Waals surface area contributed by atoms with Crippen molar-refractivity contribution in [2.75, 3.05) is 9.80 Å². The van der Waals surface area contributed by atoms with Crippen molar-refractivity contribution >= 4 is 29.9 Å². The summed E-state index contributed by atoms with van der Waals surface area (Å²) in [5.41, 5.74) is 2.65. The minimum Gasteiger partial charge on any atom is -0.456 e. The van der Waals surface area contributed by atoms with Gasteiger partial charge in [0, 0.05) is 32.7 Å². The van der Waals surface area contributed by atoms with Gasteiger partial charge in [0.15, 0.2) is 0 Å². The molecule has 150 valence electrons. The lowest BCUT2D eigenvalue weighted by Gasteiger charge is -2.45. The molecule has 5 nitrogen and oxygen atoms in total. The van der Waals surface area contributed by atoms with Gasteiger partial charge < -0.3 is 24.3 Å². The van der Waals surface area contributed by atoms with Crippen LogP contribution in [0.15, 0.2) is 61.2 Å². The van der Waals surface area contributed by atoms with E-state index in [0.717, 1.165) is 11.5 Å². The second kappa shape index (κ2) is 5.33. The minimum atomic E-state index is -0.579. The van der Waals surface area contributed by atoms with Crippen LogP contribution in [-0.4, -0.2) is 34.0 Å². The minimum absolute atomic E-state index is 0.329. The number of ether oxygens (including phenoxy) is 1. The van der Waals surface area contributed by atoms with Crippen molar-refractivity contribution in [3.8, 4) is 11.5 Å². The number of benzene rings is 2. The maximum absolute atomic E-state index is 6.52. The van der Waals surface area contributed by atoms with Gasteiger partial charge in [0.05, 0.1) is 34.1 Å². The number of hydrogen-bond acceptors (Lipinski definition) is 5. The van der Waals surface area contributed by atoms with Gasteiger partial charge in [0.1, 0.15) is 23.6 Å². The van der Waals surface area contributed by atoms with Crippen LogP contribution >= 0.6 is 7.92 Å². The molecule has 0 radical (unpaired) electrons. The largest absolute Gasteiger partial charge is 0.456 e. The van der Waals surface area contributed by atoms with Crippen LogP contribution in [-0.2, 0) is 0 Å². The molecule has 1 saturated carbocycles. The summed E-state index contributed by atoms with van der Waals surface area (Å²) in [7, 11) is -0.579. The van der Waals surface area contributed by atoms with Crippen LogP contribution in [0.5, 0.6) is 11.5 Å². The van der Waals surface area contributed by atoms with Crippen LogP contribution < -0.4 is 25.1 Å². The summed E-state index contributed by atoms with van der Waals surface area (Å²) in [5, 5.41) is 2.83. The average Bonchev–Trinajstić information content (AvgIpc) is 3.52. The van der Waals surface area contributed by atoms with E-state index in [4.69, 9.17) is 4.74 Å². The van der Waals surface area contributed by atoms with E-state index in [9.17, 15) is 0 Å². The third kappa shape index (κ3) is 1.72. The van der Waals surface area contributed by atoms with Gasteiger partial charge in [-0.1, -0.05) is 12.1 Å². The smallest absolute Gasteiger partial charge is 0.137 e. The van der Waals surface area contributed by atoms with Crippen molar-refractivity contribution in [2.24, 2.45) is 0 Å². The van der Waals surface area contributed by atoms with Crippen molar-refractivity contribution in [1.29, 1.82) is 0 Å².